The van der Waals surface area contributed by atoms with Crippen LogP contribution < -0.4 is 5.73 Å². The fraction of sp³-hybridized carbons (Fsp3) is 0.200. The topological polar surface area (TPSA) is 62.2 Å². The summed E-state index contributed by atoms with van der Waals surface area (Å²) < 4.78 is 0. The van der Waals surface area contributed by atoms with Crippen molar-refractivity contribution in [2.24, 2.45) is 10.7 Å². The second-order valence-corrected chi connectivity index (χ2v) is 1.50. The molecule has 0 aliphatic carbocycles. The molecule has 1 aliphatic heterocycles. The second kappa shape index (κ2) is 3.43. The zero-order chi connectivity index (χ0) is 5.98. The maximum Gasteiger partial charge on any atom is 0.0988 e. The van der Waals surface area contributed by atoms with Gasteiger partial charge in [-0.3, -0.25) is 11.1 Å². The minimum atomic E-state index is 0. The van der Waals surface area contributed by atoms with Crippen molar-refractivity contribution in [3.8, 4) is 0 Å². The van der Waals surface area contributed by atoms with Gasteiger partial charge in [0.1, 0.15) is 0 Å². The summed E-state index contributed by atoms with van der Waals surface area (Å²) >= 11 is 0. The summed E-state index contributed by atoms with van der Waals surface area (Å²) in [6, 6.07) is 0. The fourth-order valence-corrected chi connectivity index (χ4v) is 0.474. The molecule has 0 bridgehead atoms. The number of nitrogens with one attached hydrogen (secondary N) is 1. The molecule has 0 fully saturated rings. The van der Waals surface area contributed by atoms with Gasteiger partial charge in [0.05, 0.1) is 5.84 Å². The summed E-state index contributed by atoms with van der Waals surface area (Å²) in [5, 5.41) is 6.91. The smallest absolute Gasteiger partial charge is 0.0988 e. The fourth-order valence-electron chi connectivity index (χ4n) is 0.474. The van der Waals surface area contributed by atoms with Crippen molar-refractivity contribution in [2.75, 3.05) is 0 Å². The molecule has 1 heterocycles. The van der Waals surface area contributed by atoms with Crippen molar-refractivity contribution >= 4 is 11.7 Å². The Bertz CT molecular complexity index is 171. The van der Waals surface area contributed by atoms with Gasteiger partial charge in [-0.2, -0.15) is 0 Å². The van der Waals surface area contributed by atoms with Crippen molar-refractivity contribution in [2.45, 2.75) is 6.42 Å². The van der Waals surface area contributed by atoms with Gasteiger partial charge in [-0.25, -0.2) is 0 Å². The summed E-state index contributed by atoms with van der Waals surface area (Å²) in [5.74, 6) is 0.613. The summed E-state index contributed by atoms with van der Waals surface area (Å²) in [6.45, 7) is 0. The van der Waals surface area contributed by atoms with Crippen LogP contribution in [0, 0.1) is 11.5 Å². The maximum absolute atomic E-state index is 6.91. The van der Waals surface area contributed by atoms with Gasteiger partial charge in [0.25, 0.3) is 0 Å². The van der Waals surface area contributed by atoms with E-state index < -0.39 is 0 Å². The third kappa shape index (κ3) is 2.44. The molecule has 0 amide bonds. The van der Waals surface area contributed by atoms with E-state index in [-0.39, 0.29) is 22.9 Å². The van der Waals surface area contributed by atoms with Crippen LogP contribution in [0.1, 0.15) is 6.42 Å². The van der Waals surface area contributed by atoms with E-state index in [0.29, 0.717) is 12.3 Å². The number of hydrogen-bond donors (Lipinski definition) is 2. The molecule has 50 valence electrons. The van der Waals surface area contributed by atoms with Crippen molar-refractivity contribution in [1.82, 2.24) is 0 Å². The van der Waals surface area contributed by atoms with Gasteiger partial charge < -0.3 is 17.2 Å². The van der Waals surface area contributed by atoms with Crippen molar-refractivity contribution in [3.63, 3.8) is 0 Å². The van der Waals surface area contributed by atoms with Crippen LogP contribution in [-0.2, 0) is 17.1 Å². The molecule has 0 saturated carbocycles. The summed E-state index contributed by atoms with van der Waals surface area (Å²) in [7, 11) is 0. The van der Waals surface area contributed by atoms with E-state index in [1.807, 2.05) is 0 Å². The molecule has 3 N–H and O–H groups in total. The molecule has 0 saturated heterocycles. The second-order valence-electron chi connectivity index (χ2n) is 1.50. The predicted molar refractivity (Wildman–Crippen MR) is 31.8 cm³/mol. The summed E-state index contributed by atoms with van der Waals surface area (Å²) in [6.07, 6.45) is 4.93. The van der Waals surface area contributed by atoms with E-state index in [4.69, 9.17) is 11.1 Å². The van der Waals surface area contributed by atoms with Crippen molar-refractivity contribution in [3.05, 3.63) is 12.2 Å². The third-order valence-corrected chi connectivity index (χ3v) is 0.805. The minimum absolute atomic E-state index is 0. The molecular formula is C5H6FeN3-. The average Bonchev–Trinajstić information content (AvgIpc) is 1.64. The first-order chi connectivity index (χ1) is 3.79. The van der Waals surface area contributed by atoms with Crippen LogP contribution in [0.2, 0.25) is 0 Å². The predicted octanol–water partition coefficient (Wildman–Crippen LogP) is 0.0815. The first-order valence-electron chi connectivity index (χ1n) is 2.29. The Morgan fingerprint density at radius 1 is 1.78 bits per heavy atom. The van der Waals surface area contributed by atoms with Crippen LogP contribution in [-0.4, -0.2) is 11.7 Å². The van der Waals surface area contributed by atoms with Crippen LogP contribution in [0.3, 0.4) is 0 Å². The molecule has 0 aromatic rings. The molecule has 0 aromatic heterocycles. The number of nitrogens with zero attached hydrogens (tertiary/aromatic N) is 1. The van der Waals surface area contributed by atoms with Gasteiger partial charge in [-0.05, 0) is 12.3 Å². The minimum Gasteiger partial charge on any atom is -0.430 e. The molecule has 0 spiro atoms. The largest absolute Gasteiger partial charge is 0.430 e. The van der Waals surface area contributed by atoms with E-state index in [2.05, 4.69) is 11.1 Å². The first-order valence-corrected chi connectivity index (χ1v) is 2.29. The number of rotatable bonds is 0. The maximum atomic E-state index is 6.91. The van der Waals surface area contributed by atoms with Gasteiger partial charge in [-0.15, -0.1) is 0 Å². The van der Waals surface area contributed by atoms with E-state index in [0.717, 1.165) is 0 Å². The summed E-state index contributed by atoms with van der Waals surface area (Å²) in [5.41, 5.74) is 5.26. The normalized spacial score (nSPS) is 16.4. The molecule has 3 nitrogen and oxygen atoms in total. The Morgan fingerprint density at radius 3 is 2.78 bits per heavy atom. The van der Waals surface area contributed by atoms with E-state index in [1.165, 1.54) is 0 Å². The molecule has 4 heteroatoms. The number of aliphatic imine (C=N–C) groups is 1. The Balaban J connectivity index is 0.000000640. The van der Waals surface area contributed by atoms with Crippen molar-refractivity contribution in [1.29, 1.82) is 5.41 Å². The quantitative estimate of drug-likeness (QED) is 0.386. The van der Waals surface area contributed by atoms with Gasteiger partial charge in [-0.1, -0.05) is 0 Å². The molecule has 0 unspecified atom stereocenters. The van der Waals surface area contributed by atoms with Gasteiger partial charge >= 0.3 is 0 Å². The Kier molecular flexibility index (Phi) is 3.20. The SMILES string of the molecule is N=C1[C-]=CCC(N)=N1.[Fe]. The van der Waals surface area contributed by atoms with Crippen molar-refractivity contribution < 1.29 is 17.1 Å². The Hall–Kier alpha value is -0.601. The van der Waals surface area contributed by atoms with Crippen LogP contribution in [0.5, 0.6) is 0 Å². The number of dihydropyridines is 1. The van der Waals surface area contributed by atoms with Crippen LogP contribution in [0.25, 0.3) is 0 Å². The standard InChI is InChI=1S/C5H6N3.Fe/c6-4-2-1-3-5(7)8-4;/h1H,2H2,(H3,6,7,8);/q-1;. The molecule has 1 aliphatic rings. The zero-order valence-corrected chi connectivity index (χ0v) is 5.77. The molecule has 0 atom stereocenters. The molecule has 0 aromatic carbocycles. The average molecular weight is 164 g/mol. The van der Waals surface area contributed by atoms with E-state index in [1.54, 1.807) is 6.08 Å². The number of amidine groups is 2. The third-order valence-electron chi connectivity index (χ3n) is 0.805. The van der Waals surface area contributed by atoms with Crippen LogP contribution in [0.15, 0.2) is 11.1 Å². The van der Waals surface area contributed by atoms with Gasteiger partial charge in [0.2, 0.25) is 0 Å². The Morgan fingerprint density at radius 2 is 2.44 bits per heavy atom. The molecule has 1 rings (SSSR count). The Labute approximate surface area is 64.0 Å². The number of hydrogen-bond acceptors (Lipinski definition) is 2. The van der Waals surface area contributed by atoms with E-state index >= 15 is 0 Å². The molecule has 0 radical (unpaired) electrons. The van der Waals surface area contributed by atoms with Crippen LogP contribution >= 0.6 is 0 Å². The van der Waals surface area contributed by atoms with Crippen LogP contribution in [0.4, 0.5) is 0 Å². The number of nitrogens with two attached hydrogens (primary N) is 1. The van der Waals surface area contributed by atoms with E-state index in [9.17, 15) is 0 Å². The van der Waals surface area contributed by atoms with Gasteiger partial charge in [0.15, 0.2) is 0 Å². The van der Waals surface area contributed by atoms with Gasteiger partial charge in [0, 0.05) is 17.1 Å². The summed E-state index contributed by atoms with van der Waals surface area (Å²) in [4.78, 5) is 3.62. The molecular weight excluding hydrogens is 158 g/mol. The first kappa shape index (κ1) is 8.40. The zero-order valence-electron chi connectivity index (χ0n) is 4.66. The monoisotopic (exact) mass is 164 g/mol. The molecule has 9 heavy (non-hydrogen) atoms.